The Hall–Kier alpha value is -0.830. The van der Waals surface area contributed by atoms with E-state index in [1.54, 1.807) is 0 Å². The summed E-state index contributed by atoms with van der Waals surface area (Å²) in [6.07, 6.45) is 0. The van der Waals surface area contributed by atoms with E-state index in [0.717, 1.165) is 9.50 Å². The van der Waals surface area contributed by atoms with Crippen molar-refractivity contribution in [1.82, 2.24) is 5.32 Å². The first-order valence-corrected chi connectivity index (χ1v) is 7.50. The lowest BCUT2D eigenvalue weighted by Gasteiger charge is -2.21. The summed E-state index contributed by atoms with van der Waals surface area (Å²) >= 11 is 9.54. The lowest BCUT2D eigenvalue weighted by Crippen LogP contribution is -2.22. The average molecular weight is 339 g/mol. The largest absolute Gasteiger partial charge is 0.304 e. The molecule has 1 N–H and O–H groups in total. The van der Waals surface area contributed by atoms with Gasteiger partial charge in [-0.15, -0.1) is 0 Å². The Kier molecular flexibility index (Phi) is 5.03. The Morgan fingerprint density at radius 3 is 2.11 bits per heavy atom. The minimum atomic E-state index is 0.257. The third-order valence-corrected chi connectivity index (χ3v) is 3.93. The summed E-state index contributed by atoms with van der Waals surface area (Å²) in [5, 5.41) is 4.37. The Morgan fingerprint density at radius 2 is 1.53 bits per heavy atom. The Bertz CT molecular complexity index is 506. The second-order valence-electron chi connectivity index (χ2n) is 4.72. The topological polar surface area (TPSA) is 12.0 Å². The van der Waals surface area contributed by atoms with Crippen molar-refractivity contribution in [3.05, 3.63) is 69.2 Å². The number of nitrogens with one attached hydrogen (secondary N) is 1. The highest BCUT2D eigenvalue weighted by Gasteiger charge is 2.11. The number of hydrogen-bond acceptors (Lipinski definition) is 1. The molecule has 0 fully saturated rings. The summed E-state index contributed by atoms with van der Waals surface area (Å²) in [6.45, 7) is 4.32. The summed E-state index contributed by atoms with van der Waals surface area (Å²) in [5.41, 5.74) is 2.47. The molecule has 0 aliphatic heterocycles. The van der Waals surface area contributed by atoms with Crippen LogP contribution in [-0.2, 0) is 0 Å². The zero-order chi connectivity index (χ0) is 13.8. The van der Waals surface area contributed by atoms with Gasteiger partial charge in [-0.25, -0.2) is 0 Å². The van der Waals surface area contributed by atoms with Gasteiger partial charge in [-0.05, 0) is 49.2 Å². The molecule has 0 saturated carbocycles. The second-order valence-corrected chi connectivity index (χ2v) is 6.07. The number of hydrogen-bond donors (Lipinski definition) is 1. The van der Waals surface area contributed by atoms with Crippen LogP contribution in [0.3, 0.4) is 0 Å². The minimum Gasteiger partial charge on any atom is -0.304 e. The molecule has 19 heavy (non-hydrogen) atoms. The van der Waals surface area contributed by atoms with E-state index in [2.05, 4.69) is 59.4 Å². The smallest absolute Gasteiger partial charge is 0.0409 e. The Balaban J connectivity index is 2.08. The molecule has 2 atom stereocenters. The normalized spacial score (nSPS) is 14.1. The van der Waals surface area contributed by atoms with Crippen LogP contribution in [0.2, 0.25) is 5.02 Å². The molecule has 2 aromatic rings. The van der Waals surface area contributed by atoms with Crippen molar-refractivity contribution in [2.45, 2.75) is 25.9 Å². The van der Waals surface area contributed by atoms with Gasteiger partial charge in [-0.1, -0.05) is 51.8 Å². The van der Waals surface area contributed by atoms with Crippen LogP contribution >= 0.6 is 27.5 Å². The van der Waals surface area contributed by atoms with Gasteiger partial charge in [0.1, 0.15) is 0 Å². The summed E-state index contributed by atoms with van der Waals surface area (Å²) in [5.74, 6) is 0. The van der Waals surface area contributed by atoms with Crippen molar-refractivity contribution in [1.29, 1.82) is 0 Å². The van der Waals surface area contributed by atoms with E-state index in [-0.39, 0.29) is 12.1 Å². The molecule has 2 unspecified atom stereocenters. The Morgan fingerprint density at radius 1 is 0.947 bits per heavy atom. The monoisotopic (exact) mass is 337 g/mol. The van der Waals surface area contributed by atoms with Crippen LogP contribution in [0.1, 0.15) is 37.1 Å². The standard InChI is InChI=1S/C16H17BrClN/c1-11(13-5-3-7-15(17)9-13)19-12(2)14-6-4-8-16(18)10-14/h3-12,19H,1-2H3. The van der Waals surface area contributed by atoms with Crippen LogP contribution in [0.25, 0.3) is 0 Å². The van der Waals surface area contributed by atoms with Gasteiger partial charge in [0.05, 0.1) is 0 Å². The van der Waals surface area contributed by atoms with E-state index in [1.165, 1.54) is 11.1 Å². The van der Waals surface area contributed by atoms with Crippen molar-refractivity contribution in [3.8, 4) is 0 Å². The highest BCUT2D eigenvalue weighted by molar-refractivity contribution is 9.10. The molecule has 0 aliphatic carbocycles. The summed E-state index contributed by atoms with van der Waals surface area (Å²) in [6, 6.07) is 16.9. The van der Waals surface area contributed by atoms with Gasteiger partial charge in [0.2, 0.25) is 0 Å². The average Bonchev–Trinajstić information content (AvgIpc) is 2.38. The first kappa shape index (κ1) is 14.6. The molecule has 0 spiro atoms. The van der Waals surface area contributed by atoms with E-state index in [4.69, 9.17) is 11.6 Å². The maximum Gasteiger partial charge on any atom is 0.0409 e. The SMILES string of the molecule is CC(NC(C)c1cccc(Br)c1)c1cccc(Cl)c1. The van der Waals surface area contributed by atoms with E-state index in [0.29, 0.717) is 0 Å². The van der Waals surface area contributed by atoms with Gasteiger partial charge < -0.3 is 5.32 Å². The molecule has 1 nitrogen and oxygen atoms in total. The van der Waals surface area contributed by atoms with Crippen LogP contribution < -0.4 is 5.32 Å². The lowest BCUT2D eigenvalue weighted by atomic mass is 10.0. The second kappa shape index (κ2) is 6.56. The predicted octanol–water partition coefficient (Wildman–Crippen LogP) is 5.51. The van der Waals surface area contributed by atoms with Crippen LogP contribution in [0.4, 0.5) is 0 Å². The molecule has 2 aromatic carbocycles. The fourth-order valence-electron chi connectivity index (χ4n) is 2.12. The molecule has 3 heteroatoms. The molecule has 0 bridgehead atoms. The maximum absolute atomic E-state index is 6.03. The van der Waals surface area contributed by atoms with Crippen LogP contribution in [0.15, 0.2) is 53.0 Å². The van der Waals surface area contributed by atoms with Crippen molar-refractivity contribution >= 4 is 27.5 Å². The first-order chi connectivity index (χ1) is 9.06. The summed E-state index contributed by atoms with van der Waals surface area (Å²) in [4.78, 5) is 0. The van der Waals surface area contributed by atoms with Crippen molar-refractivity contribution in [3.63, 3.8) is 0 Å². The summed E-state index contributed by atoms with van der Waals surface area (Å²) in [7, 11) is 0. The van der Waals surface area contributed by atoms with Gasteiger partial charge in [0, 0.05) is 21.6 Å². The molecule has 2 rings (SSSR count). The van der Waals surface area contributed by atoms with E-state index >= 15 is 0 Å². The van der Waals surface area contributed by atoms with Gasteiger partial charge in [0.15, 0.2) is 0 Å². The number of rotatable bonds is 4. The zero-order valence-electron chi connectivity index (χ0n) is 11.0. The van der Waals surface area contributed by atoms with E-state index < -0.39 is 0 Å². The molecule has 0 aromatic heterocycles. The molecule has 0 saturated heterocycles. The lowest BCUT2D eigenvalue weighted by molar-refractivity contribution is 0.494. The van der Waals surface area contributed by atoms with Gasteiger partial charge in [-0.3, -0.25) is 0 Å². The van der Waals surface area contributed by atoms with Crippen molar-refractivity contribution < 1.29 is 0 Å². The quantitative estimate of drug-likeness (QED) is 0.774. The van der Waals surface area contributed by atoms with E-state index in [9.17, 15) is 0 Å². The molecule has 0 heterocycles. The number of halogens is 2. The third kappa shape index (κ3) is 4.07. The molecule has 0 aliphatic rings. The predicted molar refractivity (Wildman–Crippen MR) is 85.6 cm³/mol. The van der Waals surface area contributed by atoms with E-state index in [1.807, 2.05) is 24.3 Å². The summed E-state index contributed by atoms with van der Waals surface area (Å²) < 4.78 is 1.11. The third-order valence-electron chi connectivity index (χ3n) is 3.20. The van der Waals surface area contributed by atoms with Gasteiger partial charge in [0.25, 0.3) is 0 Å². The van der Waals surface area contributed by atoms with Crippen molar-refractivity contribution in [2.75, 3.05) is 0 Å². The zero-order valence-corrected chi connectivity index (χ0v) is 13.4. The van der Waals surface area contributed by atoms with Gasteiger partial charge in [-0.2, -0.15) is 0 Å². The maximum atomic E-state index is 6.03. The highest BCUT2D eigenvalue weighted by atomic mass is 79.9. The molecule has 100 valence electrons. The van der Waals surface area contributed by atoms with Crippen molar-refractivity contribution in [2.24, 2.45) is 0 Å². The minimum absolute atomic E-state index is 0.257. The molecule has 0 amide bonds. The first-order valence-electron chi connectivity index (χ1n) is 6.33. The fraction of sp³-hybridized carbons (Fsp3) is 0.250. The number of benzene rings is 2. The van der Waals surface area contributed by atoms with Crippen LogP contribution in [0.5, 0.6) is 0 Å². The molecular formula is C16H17BrClN. The molecule has 0 radical (unpaired) electrons. The van der Waals surface area contributed by atoms with Crippen LogP contribution in [-0.4, -0.2) is 0 Å². The van der Waals surface area contributed by atoms with Gasteiger partial charge >= 0.3 is 0 Å². The fourth-order valence-corrected chi connectivity index (χ4v) is 2.73. The highest BCUT2D eigenvalue weighted by Crippen LogP contribution is 2.23. The van der Waals surface area contributed by atoms with Crippen LogP contribution in [0, 0.1) is 0 Å². The Labute approximate surface area is 128 Å². The molecular weight excluding hydrogens is 322 g/mol.